The van der Waals surface area contributed by atoms with Crippen LogP contribution in [0.4, 0.5) is 0 Å². The molecule has 0 saturated carbocycles. The quantitative estimate of drug-likeness (QED) is 0.138. The molecule has 0 fully saturated rings. The molecular formula is C29H26IrN3O4-. The number of aliphatic hydroxyl groups is 1. The van der Waals surface area contributed by atoms with Crippen LogP contribution in [0.15, 0.2) is 84.9 Å². The maximum Gasteiger partial charge on any atom is 0.155 e. The number of ether oxygens (including phenoxy) is 2. The minimum atomic E-state index is -0.125. The van der Waals surface area contributed by atoms with Crippen LogP contribution in [0.1, 0.15) is 13.8 Å². The van der Waals surface area contributed by atoms with E-state index in [1.165, 1.54) is 19.9 Å². The van der Waals surface area contributed by atoms with E-state index < -0.39 is 0 Å². The van der Waals surface area contributed by atoms with E-state index in [2.05, 4.69) is 38.8 Å². The zero-order valence-electron chi connectivity index (χ0n) is 20.9. The van der Waals surface area contributed by atoms with Gasteiger partial charge in [0.25, 0.3) is 0 Å². The van der Waals surface area contributed by atoms with Crippen LogP contribution in [-0.4, -0.2) is 39.6 Å². The molecule has 0 saturated heterocycles. The fourth-order valence-electron chi connectivity index (χ4n) is 3.98. The molecule has 0 spiro atoms. The third kappa shape index (κ3) is 6.05. The summed E-state index contributed by atoms with van der Waals surface area (Å²) in [7, 11) is 3.31. The van der Waals surface area contributed by atoms with Crippen molar-refractivity contribution >= 4 is 27.7 Å². The minimum absolute atomic E-state index is 0. The first-order valence-corrected chi connectivity index (χ1v) is 11.3. The predicted octanol–water partition coefficient (Wildman–Crippen LogP) is 6.09. The van der Waals surface area contributed by atoms with Crippen molar-refractivity contribution < 1.29 is 39.5 Å². The normalized spacial score (nSPS) is 10.9. The zero-order valence-corrected chi connectivity index (χ0v) is 23.2. The van der Waals surface area contributed by atoms with Crippen LogP contribution in [0.2, 0.25) is 0 Å². The molecule has 3 heterocycles. The van der Waals surface area contributed by atoms with Crippen molar-refractivity contribution in [2.75, 3.05) is 14.2 Å². The Bertz CT molecular complexity index is 1520. The number of hydrogen-bond acceptors (Lipinski definition) is 6. The van der Waals surface area contributed by atoms with Gasteiger partial charge in [0.1, 0.15) is 5.75 Å². The van der Waals surface area contributed by atoms with Gasteiger partial charge >= 0.3 is 0 Å². The van der Waals surface area contributed by atoms with Gasteiger partial charge in [0.05, 0.1) is 31.0 Å². The second kappa shape index (κ2) is 12.3. The molecule has 0 unspecified atom stereocenters. The second-order valence-electron chi connectivity index (χ2n) is 8.00. The van der Waals surface area contributed by atoms with E-state index in [1.807, 2.05) is 48.7 Å². The Morgan fingerprint density at radius 3 is 2.35 bits per heavy atom. The monoisotopic (exact) mass is 673 g/mol. The van der Waals surface area contributed by atoms with Gasteiger partial charge in [0.2, 0.25) is 0 Å². The van der Waals surface area contributed by atoms with Crippen molar-refractivity contribution in [1.82, 2.24) is 14.5 Å². The molecule has 5 aromatic rings. The van der Waals surface area contributed by atoms with E-state index in [-0.39, 0.29) is 31.6 Å². The van der Waals surface area contributed by atoms with E-state index in [0.29, 0.717) is 0 Å². The van der Waals surface area contributed by atoms with Crippen LogP contribution in [0.25, 0.3) is 38.9 Å². The topological polar surface area (TPSA) is 86.5 Å². The van der Waals surface area contributed by atoms with Gasteiger partial charge in [-0.2, -0.15) is 0 Å². The maximum atomic E-state index is 10.0. The summed E-state index contributed by atoms with van der Waals surface area (Å²) >= 11 is 0. The first-order chi connectivity index (χ1) is 17.4. The van der Waals surface area contributed by atoms with Crippen LogP contribution in [0.5, 0.6) is 11.5 Å². The van der Waals surface area contributed by atoms with Gasteiger partial charge in [-0.1, -0.05) is 24.3 Å². The molecule has 37 heavy (non-hydrogen) atoms. The molecule has 0 aliphatic heterocycles. The Morgan fingerprint density at radius 1 is 0.946 bits per heavy atom. The van der Waals surface area contributed by atoms with E-state index in [0.717, 1.165) is 50.4 Å². The number of carbonyl (C=O) groups is 1. The number of rotatable bonds is 5. The standard InChI is InChI=1S/C24H18N3O2.C5H8O2.Ir/c1-28-16-9-10-18(20-14-17(29-2)11-13-25-20)23(15-16)27-21-7-4-3-6-19(21)24-22(27)8-5-12-26-24;1-4(6)3-5(2)7;/h3-9,11-15H,1-2H3;3,6H,1-2H3;/q-1;;/b;4-3-;. The number of aliphatic hydroxyl groups excluding tert-OH is 1. The molecular weight excluding hydrogens is 647 g/mol. The molecule has 1 radical (unpaired) electrons. The van der Waals surface area contributed by atoms with E-state index in [1.54, 1.807) is 20.4 Å². The number of para-hydroxylation sites is 1. The number of ketones is 1. The fraction of sp³-hybridized carbons (Fsp3) is 0.138. The smallest absolute Gasteiger partial charge is 0.155 e. The van der Waals surface area contributed by atoms with Crippen LogP contribution < -0.4 is 9.47 Å². The summed E-state index contributed by atoms with van der Waals surface area (Å²) < 4.78 is 13.1. The molecule has 0 aliphatic carbocycles. The van der Waals surface area contributed by atoms with Gasteiger partial charge < -0.3 is 24.1 Å². The Balaban J connectivity index is 0.000000422. The second-order valence-corrected chi connectivity index (χ2v) is 8.00. The zero-order chi connectivity index (χ0) is 25.7. The third-order valence-corrected chi connectivity index (χ3v) is 5.43. The average Bonchev–Trinajstić information content (AvgIpc) is 3.22. The Morgan fingerprint density at radius 2 is 1.68 bits per heavy atom. The summed E-state index contributed by atoms with van der Waals surface area (Å²) in [6.07, 6.45) is 4.73. The molecule has 0 amide bonds. The van der Waals surface area contributed by atoms with Gasteiger partial charge in [0.15, 0.2) is 5.78 Å². The number of fused-ring (bicyclic) bond motifs is 3. The summed E-state index contributed by atoms with van der Waals surface area (Å²) in [5.41, 5.74) is 5.58. The third-order valence-electron chi connectivity index (χ3n) is 5.43. The molecule has 191 valence electrons. The van der Waals surface area contributed by atoms with Crippen molar-refractivity contribution in [3.63, 3.8) is 0 Å². The molecule has 0 aliphatic rings. The van der Waals surface area contributed by atoms with Gasteiger partial charge in [-0.25, -0.2) is 0 Å². The number of methoxy groups -OCH3 is 2. The van der Waals surface area contributed by atoms with Crippen LogP contribution >= 0.6 is 0 Å². The van der Waals surface area contributed by atoms with E-state index in [4.69, 9.17) is 14.6 Å². The molecule has 1 N–H and O–H groups in total. The molecule has 0 atom stereocenters. The van der Waals surface area contributed by atoms with Crippen molar-refractivity contribution in [2.45, 2.75) is 13.8 Å². The summed E-state index contributed by atoms with van der Waals surface area (Å²) in [6.45, 7) is 2.85. The number of nitrogens with zero attached hydrogens (tertiary/aromatic N) is 3. The average molecular weight is 673 g/mol. The summed E-state index contributed by atoms with van der Waals surface area (Å²) in [4.78, 5) is 19.2. The van der Waals surface area contributed by atoms with Crippen LogP contribution in [-0.2, 0) is 24.9 Å². The molecule has 8 heteroatoms. The summed E-state index contributed by atoms with van der Waals surface area (Å²) in [6, 6.07) is 23.2. The first kappa shape index (κ1) is 27.6. The number of carbonyl (C=O) groups excluding carboxylic acids is 1. The fourth-order valence-corrected chi connectivity index (χ4v) is 3.98. The molecule has 7 nitrogen and oxygen atoms in total. The van der Waals surface area contributed by atoms with Gasteiger partial charge in [-0.05, 0) is 55.6 Å². The number of allylic oxidation sites excluding steroid dienone is 2. The molecule has 3 aromatic heterocycles. The molecule has 2 aromatic carbocycles. The van der Waals surface area contributed by atoms with Crippen molar-refractivity contribution in [3.8, 4) is 28.4 Å². The van der Waals surface area contributed by atoms with E-state index in [9.17, 15) is 4.79 Å². The SMILES string of the molecule is CC(=O)/C=C(/C)O.COc1ccnc(-c2[c-]cc(OC)cc2-n2c3ccccc3c3ncccc32)c1.[Ir]. The first-order valence-electron chi connectivity index (χ1n) is 11.3. The molecule has 5 rings (SSSR count). The molecule has 0 bridgehead atoms. The van der Waals surface area contributed by atoms with E-state index >= 15 is 0 Å². The minimum Gasteiger partial charge on any atom is -0.540 e. The van der Waals surface area contributed by atoms with Gasteiger partial charge in [0, 0.05) is 55.2 Å². The number of hydrogen-bond donors (Lipinski definition) is 1. The van der Waals surface area contributed by atoms with Crippen LogP contribution in [0.3, 0.4) is 0 Å². The predicted molar refractivity (Wildman–Crippen MR) is 141 cm³/mol. The largest absolute Gasteiger partial charge is 0.540 e. The number of aromatic nitrogens is 3. The number of benzene rings is 2. The summed E-state index contributed by atoms with van der Waals surface area (Å²) in [5.74, 6) is 1.41. The Hall–Kier alpha value is -4.00. The Kier molecular flexibility index (Phi) is 9.17. The number of pyridine rings is 2. The maximum absolute atomic E-state index is 10.0. The van der Waals surface area contributed by atoms with Crippen LogP contribution in [0, 0.1) is 6.07 Å². The van der Waals surface area contributed by atoms with Gasteiger partial charge in [-0.3, -0.25) is 9.78 Å². The Labute approximate surface area is 228 Å². The van der Waals surface area contributed by atoms with Crippen molar-refractivity contribution in [1.29, 1.82) is 0 Å². The van der Waals surface area contributed by atoms with Crippen molar-refractivity contribution in [3.05, 3.63) is 91.0 Å². The van der Waals surface area contributed by atoms with Crippen molar-refractivity contribution in [2.24, 2.45) is 0 Å². The summed E-state index contributed by atoms with van der Waals surface area (Å²) in [5, 5.41) is 9.46. The van der Waals surface area contributed by atoms with Gasteiger partial charge in [-0.15, -0.1) is 17.7 Å².